The lowest BCUT2D eigenvalue weighted by Crippen LogP contribution is -2.12. The molecule has 116 valence electrons. The Hall–Kier alpha value is -1.54. The highest BCUT2D eigenvalue weighted by molar-refractivity contribution is 7.49. The zero-order valence-corrected chi connectivity index (χ0v) is 13.7. The fraction of sp³-hybridized carbons (Fsp3) is 0.500. The standard InChI is InChI=1S/C14H20NO5P/c1-10(2)18-21(16,19-11(3)4)20-13-7-6-12(9-15)8-14(13)17-5/h6-8,10-11H,1-5H3. The number of phosphoric ester groups is 1. The summed E-state index contributed by atoms with van der Waals surface area (Å²) in [6.45, 7) is 6.93. The molecule has 0 aromatic heterocycles. The number of ether oxygens (including phenoxy) is 1. The topological polar surface area (TPSA) is 77.8 Å². The first-order chi connectivity index (χ1) is 9.79. The number of nitrogens with zero attached hydrogens (tertiary/aromatic N) is 1. The number of hydrogen-bond donors (Lipinski definition) is 0. The molecule has 0 saturated carbocycles. The molecule has 0 aliphatic carbocycles. The van der Waals surface area contributed by atoms with Crippen LogP contribution in [0.3, 0.4) is 0 Å². The highest BCUT2D eigenvalue weighted by Gasteiger charge is 2.32. The number of methoxy groups -OCH3 is 1. The van der Waals surface area contributed by atoms with Crippen LogP contribution in [0.2, 0.25) is 0 Å². The lowest BCUT2D eigenvalue weighted by molar-refractivity contribution is 0.103. The van der Waals surface area contributed by atoms with Crippen LogP contribution in [0, 0.1) is 11.3 Å². The van der Waals surface area contributed by atoms with E-state index in [1.165, 1.54) is 25.3 Å². The van der Waals surface area contributed by atoms with Gasteiger partial charge >= 0.3 is 7.82 Å². The molecule has 0 fully saturated rings. The van der Waals surface area contributed by atoms with Gasteiger partial charge in [-0.15, -0.1) is 0 Å². The van der Waals surface area contributed by atoms with Crippen molar-refractivity contribution in [1.29, 1.82) is 5.26 Å². The van der Waals surface area contributed by atoms with Crippen molar-refractivity contribution >= 4 is 7.82 Å². The minimum Gasteiger partial charge on any atom is -0.493 e. The molecule has 0 saturated heterocycles. The quantitative estimate of drug-likeness (QED) is 0.710. The Morgan fingerprint density at radius 2 is 1.67 bits per heavy atom. The van der Waals surface area contributed by atoms with Crippen LogP contribution in [-0.2, 0) is 13.6 Å². The maximum Gasteiger partial charge on any atom is 0.530 e. The summed E-state index contributed by atoms with van der Waals surface area (Å²) in [6.07, 6.45) is -0.669. The fourth-order valence-corrected chi connectivity index (χ4v) is 3.08. The molecule has 0 amide bonds. The second kappa shape index (κ2) is 7.46. The van der Waals surface area contributed by atoms with Gasteiger partial charge in [-0.1, -0.05) is 0 Å². The monoisotopic (exact) mass is 313 g/mol. The summed E-state index contributed by atoms with van der Waals surface area (Å²) in [6, 6.07) is 6.51. The third-order valence-electron chi connectivity index (χ3n) is 2.18. The molecule has 0 atom stereocenters. The van der Waals surface area contributed by atoms with Crippen LogP contribution in [0.15, 0.2) is 18.2 Å². The van der Waals surface area contributed by atoms with Gasteiger partial charge in [0.25, 0.3) is 0 Å². The summed E-state index contributed by atoms with van der Waals surface area (Å²) >= 11 is 0. The van der Waals surface area contributed by atoms with Crippen molar-refractivity contribution in [3.63, 3.8) is 0 Å². The van der Waals surface area contributed by atoms with E-state index in [0.29, 0.717) is 5.56 Å². The van der Waals surface area contributed by atoms with E-state index in [9.17, 15) is 4.57 Å². The highest BCUT2D eigenvalue weighted by atomic mass is 31.2. The highest BCUT2D eigenvalue weighted by Crippen LogP contribution is 2.53. The van der Waals surface area contributed by atoms with Gasteiger partial charge in [0.15, 0.2) is 11.5 Å². The summed E-state index contributed by atoms with van der Waals surface area (Å²) < 4.78 is 33.8. The summed E-state index contributed by atoms with van der Waals surface area (Å²) in [5.74, 6) is 0.482. The maximum absolute atomic E-state index is 12.6. The third kappa shape index (κ3) is 5.39. The first-order valence-electron chi connectivity index (χ1n) is 6.54. The van der Waals surface area contributed by atoms with Crippen molar-refractivity contribution in [2.24, 2.45) is 0 Å². The van der Waals surface area contributed by atoms with Crippen LogP contribution < -0.4 is 9.26 Å². The summed E-state index contributed by atoms with van der Waals surface area (Å²) in [4.78, 5) is 0. The van der Waals surface area contributed by atoms with Gasteiger partial charge < -0.3 is 9.26 Å². The summed E-state index contributed by atoms with van der Waals surface area (Å²) in [5.41, 5.74) is 0.406. The van der Waals surface area contributed by atoms with Gasteiger partial charge in [-0.2, -0.15) is 5.26 Å². The molecule has 6 nitrogen and oxygen atoms in total. The van der Waals surface area contributed by atoms with Gasteiger partial charge in [0.2, 0.25) is 0 Å². The average Bonchev–Trinajstić information content (AvgIpc) is 2.36. The zero-order valence-electron chi connectivity index (χ0n) is 12.8. The maximum atomic E-state index is 12.6. The van der Waals surface area contributed by atoms with Gasteiger partial charge in [-0.25, -0.2) is 4.57 Å². The molecule has 0 unspecified atom stereocenters. The first kappa shape index (κ1) is 17.5. The third-order valence-corrected chi connectivity index (χ3v) is 3.96. The Labute approximate surface area is 125 Å². The van der Waals surface area contributed by atoms with Crippen LogP contribution in [0.5, 0.6) is 11.5 Å². The van der Waals surface area contributed by atoms with E-state index in [-0.39, 0.29) is 23.7 Å². The number of phosphoric acid groups is 1. The van der Waals surface area contributed by atoms with E-state index < -0.39 is 7.82 Å². The molecule has 7 heteroatoms. The number of hydrogen-bond acceptors (Lipinski definition) is 6. The van der Waals surface area contributed by atoms with E-state index in [0.717, 1.165) is 0 Å². The molecule has 0 spiro atoms. The molecule has 0 aliphatic heterocycles. The van der Waals surface area contributed by atoms with Gasteiger partial charge in [-0.3, -0.25) is 9.05 Å². The van der Waals surface area contributed by atoms with Crippen molar-refractivity contribution in [3.05, 3.63) is 23.8 Å². The van der Waals surface area contributed by atoms with Gasteiger partial charge in [0, 0.05) is 6.07 Å². The molecule has 1 aromatic rings. The van der Waals surface area contributed by atoms with Crippen LogP contribution >= 0.6 is 7.82 Å². The first-order valence-corrected chi connectivity index (χ1v) is 8.00. The summed E-state index contributed by atoms with van der Waals surface area (Å²) in [5, 5.41) is 8.87. The molecule has 0 heterocycles. The van der Waals surface area contributed by atoms with Crippen LogP contribution in [0.1, 0.15) is 33.3 Å². The fourth-order valence-electron chi connectivity index (χ4n) is 1.52. The van der Waals surface area contributed by atoms with Crippen molar-refractivity contribution in [2.45, 2.75) is 39.9 Å². The average molecular weight is 313 g/mol. The molecule has 1 rings (SSSR count). The van der Waals surface area contributed by atoms with Gasteiger partial charge in [0.05, 0.1) is 31.0 Å². The molecule has 0 N–H and O–H groups in total. The van der Waals surface area contributed by atoms with Gasteiger partial charge in [-0.05, 0) is 39.8 Å². The molecule has 0 bridgehead atoms. The van der Waals surface area contributed by atoms with Crippen molar-refractivity contribution in [3.8, 4) is 17.6 Å². The van der Waals surface area contributed by atoms with E-state index in [1.807, 2.05) is 6.07 Å². The largest absolute Gasteiger partial charge is 0.530 e. The SMILES string of the molecule is COc1cc(C#N)ccc1OP(=O)(OC(C)C)OC(C)C. The minimum absolute atomic E-state index is 0.195. The molecular formula is C14H20NO5P. The molecule has 1 aromatic carbocycles. The van der Waals surface area contributed by atoms with Crippen LogP contribution in [-0.4, -0.2) is 19.3 Å². The molecule has 0 aliphatic rings. The van der Waals surface area contributed by atoms with Crippen LogP contribution in [0.4, 0.5) is 0 Å². The molecule has 21 heavy (non-hydrogen) atoms. The Bertz CT molecular complexity index is 551. The number of nitriles is 1. The van der Waals surface area contributed by atoms with Crippen LogP contribution in [0.25, 0.3) is 0 Å². The molecular weight excluding hydrogens is 293 g/mol. The van der Waals surface area contributed by atoms with Gasteiger partial charge in [0.1, 0.15) is 0 Å². The second-order valence-corrected chi connectivity index (χ2v) is 6.32. The lowest BCUT2D eigenvalue weighted by atomic mass is 10.2. The van der Waals surface area contributed by atoms with Crippen molar-refractivity contribution in [2.75, 3.05) is 7.11 Å². The summed E-state index contributed by atoms with van der Waals surface area (Å²) in [7, 11) is -2.35. The van der Waals surface area contributed by atoms with Crippen molar-refractivity contribution in [1.82, 2.24) is 0 Å². The Kier molecular flexibility index (Phi) is 6.22. The van der Waals surface area contributed by atoms with E-state index in [1.54, 1.807) is 27.7 Å². The minimum atomic E-state index is -3.78. The number of benzene rings is 1. The smallest absolute Gasteiger partial charge is 0.493 e. The lowest BCUT2D eigenvalue weighted by Gasteiger charge is -2.23. The number of rotatable bonds is 7. The zero-order chi connectivity index (χ0) is 16.0. The molecule has 0 radical (unpaired) electrons. The van der Waals surface area contributed by atoms with E-state index in [4.69, 9.17) is 23.6 Å². The predicted molar refractivity (Wildman–Crippen MR) is 78.4 cm³/mol. The predicted octanol–water partition coefficient (Wildman–Crippen LogP) is 3.90. The Balaban J connectivity index is 3.09. The van der Waals surface area contributed by atoms with Crippen molar-refractivity contribution < 1.29 is 22.9 Å². The Morgan fingerprint density at radius 3 is 2.10 bits per heavy atom. The second-order valence-electron chi connectivity index (χ2n) is 4.82. The Morgan fingerprint density at radius 1 is 1.10 bits per heavy atom. The van der Waals surface area contributed by atoms with E-state index >= 15 is 0 Å². The normalized spacial score (nSPS) is 11.5. The van der Waals surface area contributed by atoms with E-state index in [2.05, 4.69) is 0 Å².